The van der Waals surface area contributed by atoms with Crippen LogP contribution >= 0.6 is 0 Å². The van der Waals surface area contributed by atoms with E-state index in [1.54, 1.807) is 31.3 Å². The Bertz CT molecular complexity index is 954. The zero-order valence-electron chi connectivity index (χ0n) is 14.0. The molecule has 1 amide bonds. The number of benzene rings is 1. The van der Waals surface area contributed by atoms with E-state index in [0.717, 1.165) is 5.56 Å². The first kappa shape index (κ1) is 15.9. The molecule has 8 nitrogen and oxygen atoms in total. The highest BCUT2D eigenvalue weighted by Gasteiger charge is 2.14. The van der Waals surface area contributed by atoms with Gasteiger partial charge in [-0.05, 0) is 36.8 Å². The summed E-state index contributed by atoms with van der Waals surface area (Å²) in [5.41, 5.74) is 1.41. The van der Waals surface area contributed by atoms with E-state index in [1.165, 1.54) is 0 Å². The number of hydrogen-bond donors (Lipinski definition) is 2. The Morgan fingerprint density at radius 3 is 2.85 bits per heavy atom. The minimum atomic E-state index is -0.204. The second kappa shape index (κ2) is 6.75. The van der Waals surface area contributed by atoms with Crippen molar-refractivity contribution < 1.29 is 18.8 Å². The summed E-state index contributed by atoms with van der Waals surface area (Å²) in [5, 5.41) is 9.71. The van der Waals surface area contributed by atoms with Crippen LogP contribution in [0.4, 0.5) is 11.6 Å². The van der Waals surface area contributed by atoms with Crippen LogP contribution < -0.4 is 20.1 Å². The van der Waals surface area contributed by atoms with E-state index >= 15 is 0 Å². The largest absolute Gasteiger partial charge is 0.454 e. The third-order valence-electron chi connectivity index (χ3n) is 3.80. The van der Waals surface area contributed by atoms with Crippen LogP contribution in [0.3, 0.4) is 0 Å². The lowest BCUT2D eigenvalue weighted by atomic mass is 10.2. The Morgan fingerprint density at radius 2 is 2.00 bits per heavy atom. The summed E-state index contributed by atoms with van der Waals surface area (Å²) in [5.74, 6) is 2.93. The molecular weight excluding hydrogens is 336 g/mol. The second-order valence-corrected chi connectivity index (χ2v) is 5.75. The highest BCUT2D eigenvalue weighted by atomic mass is 16.7. The first-order chi connectivity index (χ1) is 12.7. The Kier molecular flexibility index (Phi) is 4.14. The van der Waals surface area contributed by atoms with Gasteiger partial charge in [0, 0.05) is 24.4 Å². The van der Waals surface area contributed by atoms with Crippen LogP contribution in [0.25, 0.3) is 0 Å². The average Bonchev–Trinajstić information content (AvgIpc) is 3.28. The summed E-state index contributed by atoms with van der Waals surface area (Å²) in [6.45, 7) is 2.40. The van der Waals surface area contributed by atoms with Crippen molar-refractivity contribution in [3.8, 4) is 11.5 Å². The SMILES string of the molecule is Cc1cc(Nc2cc(C(=O)NCc3ccc4c(c3)OCO4)ccn2)no1. The van der Waals surface area contributed by atoms with E-state index in [1.807, 2.05) is 18.2 Å². The standard InChI is InChI=1S/C18H16N4O4/c1-11-6-17(22-26-11)21-16-8-13(4-5-19-16)18(23)20-9-12-2-3-14-15(7-12)25-10-24-14/h2-8H,9-10H2,1H3,(H,20,23)(H,19,21,22). The van der Waals surface area contributed by atoms with Gasteiger partial charge >= 0.3 is 0 Å². The normalized spacial score (nSPS) is 12.0. The molecule has 0 aliphatic carbocycles. The molecule has 2 aromatic heterocycles. The second-order valence-electron chi connectivity index (χ2n) is 5.75. The van der Waals surface area contributed by atoms with Gasteiger partial charge in [0.1, 0.15) is 11.6 Å². The number of fused-ring (bicyclic) bond motifs is 1. The monoisotopic (exact) mass is 352 g/mol. The fraction of sp³-hybridized carbons (Fsp3) is 0.167. The van der Waals surface area contributed by atoms with Gasteiger partial charge in [-0.2, -0.15) is 0 Å². The van der Waals surface area contributed by atoms with Gasteiger partial charge in [-0.1, -0.05) is 11.2 Å². The molecule has 0 atom stereocenters. The number of hydrogen-bond acceptors (Lipinski definition) is 7. The topological polar surface area (TPSA) is 98.5 Å². The Morgan fingerprint density at radius 1 is 1.12 bits per heavy atom. The number of anilines is 2. The van der Waals surface area contributed by atoms with E-state index < -0.39 is 0 Å². The number of amides is 1. The molecule has 132 valence electrons. The fourth-order valence-electron chi connectivity index (χ4n) is 2.53. The summed E-state index contributed by atoms with van der Waals surface area (Å²) >= 11 is 0. The summed E-state index contributed by atoms with van der Waals surface area (Å²) in [6, 6.07) is 10.6. The van der Waals surface area contributed by atoms with Crippen molar-refractivity contribution in [2.75, 3.05) is 12.1 Å². The van der Waals surface area contributed by atoms with Crippen LogP contribution in [0.2, 0.25) is 0 Å². The third kappa shape index (κ3) is 3.44. The van der Waals surface area contributed by atoms with E-state index in [2.05, 4.69) is 20.8 Å². The summed E-state index contributed by atoms with van der Waals surface area (Å²) < 4.78 is 15.6. The van der Waals surface area contributed by atoms with E-state index in [-0.39, 0.29) is 12.7 Å². The van der Waals surface area contributed by atoms with E-state index in [4.69, 9.17) is 14.0 Å². The van der Waals surface area contributed by atoms with Gasteiger partial charge < -0.3 is 24.6 Å². The molecule has 8 heteroatoms. The van der Waals surface area contributed by atoms with Gasteiger partial charge in [-0.25, -0.2) is 4.98 Å². The number of nitrogens with zero attached hydrogens (tertiary/aromatic N) is 2. The molecule has 0 unspecified atom stereocenters. The molecule has 0 saturated carbocycles. The number of carbonyl (C=O) groups excluding carboxylic acids is 1. The molecule has 4 rings (SSSR count). The molecule has 0 fully saturated rings. The maximum atomic E-state index is 12.4. The maximum absolute atomic E-state index is 12.4. The van der Waals surface area contributed by atoms with Gasteiger partial charge in [0.25, 0.3) is 5.91 Å². The number of nitrogens with one attached hydrogen (secondary N) is 2. The predicted molar refractivity (Wildman–Crippen MR) is 92.5 cm³/mol. The molecule has 3 heterocycles. The van der Waals surface area contributed by atoms with Gasteiger partial charge in [0.05, 0.1) is 0 Å². The Balaban J connectivity index is 1.40. The van der Waals surface area contributed by atoms with E-state index in [0.29, 0.717) is 41.0 Å². The molecule has 1 aliphatic heterocycles. The van der Waals surface area contributed by atoms with E-state index in [9.17, 15) is 4.79 Å². The minimum absolute atomic E-state index is 0.204. The summed E-state index contributed by atoms with van der Waals surface area (Å²) in [6.07, 6.45) is 1.56. The van der Waals surface area contributed by atoms with Crippen molar-refractivity contribution in [2.24, 2.45) is 0 Å². The van der Waals surface area contributed by atoms with Crippen LogP contribution in [0, 0.1) is 6.92 Å². The smallest absolute Gasteiger partial charge is 0.251 e. The highest BCUT2D eigenvalue weighted by Crippen LogP contribution is 2.32. The first-order valence-electron chi connectivity index (χ1n) is 8.00. The number of carbonyl (C=O) groups is 1. The number of rotatable bonds is 5. The molecule has 0 radical (unpaired) electrons. The molecule has 0 spiro atoms. The quantitative estimate of drug-likeness (QED) is 0.728. The van der Waals surface area contributed by atoms with Crippen LogP contribution in [-0.4, -0.2) is 22.8 Å². The lowest BCUT2D eigenvalue weighted by Crippen LogP contribution is -2.22. The van der Waals surface area contributed by atoms with Crippen LogP contribution in [-0.2, 0) is 6.54 Å². The van der Waals surface area contributed by atoms with Gasteiger partial charge in [-0.3, -0.25) is 4.79 Å². The lowest BCUT2D eigenvalue weighted by molar-refractivity contribution is 0.0950. The lowest BCUT2D eigenvalue weighted by Gasteiger charge is -2.08. The van der Waals surface area contributed by atoms with Crippen molar-refractivity contribution in [2.45, 2.75) is 13.5 Å². The molecule has 3 aromatic rings. The zero-order chi connectivity index (χ0) is 17.9. The predicted octanol–water partition coefficient (Wildman–Crippen LogP) is 2.78. The van der Waals surface area contributed by atoms with Crippen molar-refractivity contribution in [1.82, 2.24) is 15.5 Å². The molecule has 0 saturated heterocycles. The van der Waals surface area contributed by atoms with Gasteiger partial charge in [-0.15, -0.1) is 0 Å². The Labute approximate surface area is 149 Å². The molecule has 26 heavy (non-hydrogen) atoms. The number of ether oxygens (including phenoxy) is 2. The maximum Gasteiger partial charge on any atom is 0.251 e. The first-order valence-corrected chi connectivity index (χ1v) is 8.00. The number of pyridine rings is 1. The summed E-state index contributed by atoms with van der Waals surface area (Å²) in [4.78, 5) is 16.6. The van der Waals surface area contributed by atoms with Crippen LogP contribution in [0.15, 0.2) is 47.1 Å². The average molecular weight is 352 g/mol. The zero-order valence-corrected chi connectivity index (χ0v) is 14.0. The van der Waals surface area contributed by atoms with Crippen LogP contribution in [0.1, 0.15) is 21.7 Å². The highest BCUT2D eigenvalue weighted by molar-refractivity contribution is 5.94. The molecule has 0 bridgehead atoms. The molecular formula is C18H16N4O4. The number of aryl methyl sites for hydroxylation is 1. The van der Waals surface area contributed by atoms with Crippen molar-refractivity contribution >= 4 is 17.5 Å². The summed E-state index contributed by atoms with van der Waals surface area (Å²) in [7, 11) is 0. The Hall–Kier alpha value is -3.55. The molecule has 2 N–H and O–H groups in total. The fourth-order valence-corrected chi connectivity index (χ4v) is 2.53. The van der Waals surface area contributed by atoms with Crippen LogP contribution in [0.5, 0.6) is 11.5 Å². The van der Waals surface area contributed by atoms with Crippen molar-refractivity contribution in [3.63, 3.8) is 0 Å². The minimum Gasteiger partial charge on any atom is -0.454 e. The van der Waals surface area contributed by atoms with Crippen molar-refractivity contribution in [3.05, 3.63) is 59.5 Å². The van der Waals surface area contributed by atoms with Gasteiger partial charge in [0.2, 0.25) is 6.79 Å². The van der Waals surface area contributed by atoms with Gasteiger partial charge in [0.15, 0.2) is 17.3 Å². The van der Waals surface area contributed by atoms with Crippen molar-refractivity contribution in [1.29, 1.82) is 0 Å². The molecule has 1 aliphatic rings. The number of aromatic nitrogens is 2. The third-order valence-corrected chi connectivity index (χ3v) is 3.80. The molecule has 1 aromatic carbocycles.